The van der Waals surface area contributed by atoms with Crippen molar-refractivity contribution in [1.29, 1.82) is 0 Å². The van der Waals surface area contributed by atoms with Gasteiger partial charge < -0.3 is 15.9 Å². The van der Waals surface area contributed by atoms with Gasteiger partial charge in [-0.05, 0) is 36.6 Å². The van der Waals surface area contributed by atoms with Crippen LogP contribution in [0.4, 0.5) is 5.69 Å². The van der Waals surface area contributed by atoms with Crippen molar-refractivity contribution in [2.45, 2.75) is 26.4 Å². The summed E-state index contributed by atoms with van der Waals surface area (Å²) in [6, 6.07) is 11.1. The highest BCUT2D eigenvalue weighted by molar-refractivity contribution is 5.59. The number of phenolic OH excluding ortho intramolecular Hbond substituents is 1. The van der Waals surface area contributed by atoms with Gasteiger partial charge in [0.05, 0.1) is 5.69 Å². The molecule has 0 aliphatic heterocycles. The van der Waals surface area contributed by atoms with Crippen molar-refractivity contribution in [3.05, 3.63) is 58.7 Å². The van der Waals surface area contributed by atoms with Crippen molar-refractivity contribution in [1.82, 2.24) is 0 Å². The van der Waals surface area contributed by atoms with Crippen LogP contribution in [-0.2, 0) is 6.42 Å². The first-order valence-corrected chi connectivity index (χ1v) is 6.38. The molecule has 0 heterocycles. The van der Waals surface area contributed by atoms with Gasteiger partial charge in [0.15, 0.2) is 0 Å². The Morgan fingerprint density at radius 1 is 1.16 bits per heavy atom. The molecule has 1 unspecified atom stereocenters. The summed E-state index contributed by atoms with van der Waals surface area (Å²) in [5.74, 6) is -0.0368. The van der Waals surface area contributed by atoms with E-state index in [1.165, 1.54) is 0 Å². The standard InChI is InChI=1S/C16H19NO2/c1-3-11-8-13(16(19)14(17)9-11)15(18)12-6-4-10(2)5-7-12/h4-9,15,18-19H,3,17H2,1-2H3. The first-order valence-electron chi connectivity index (χ1n) is 6.38. The van der Waals surface area contributed by atoms with Gasteiger partial charge >= 0.3 is 0 Å². The summed E-state index contributed by atoms with van der Waals surface area (Å²) in [5, 5.41) is 20.4. The zero-order valence-corrected chi connectivity index (χ0v) is 11.2. The number of aromatic hydroxyl groups is 1. The highest BCUT2D eigenvalue weighted by atomic mass is 16.3. The van der Waals surface area contributed by atoms with Crippen LogP contribution in [-0.4, -0.2) is 10.2 Å². The van der Waals surface area contributed by atoms with E-state index < -0.39 is 6.10 Å². The number of hydrogen-bond donors (Lipinski definition) is 3. The average molecular weight is 257 g/mol. The van der Waals surface area contributed by atoms with Crippen LogP contribution in [0, 0.1) is 6.92 Å². The number of nitrogens with two attached hydrogens (primary N) is 1. The zero-order chi connectivity index (χ0) is 14.0. The predicted molar refractivity (Wildman–Crippen MR) is 77.1 cm³/mol. The van der Waals surface area contributed by atoms with E-state index in [1.54, 1.807) is 12.1 Å². The fraction of sp³-hybridized carbons (Fsp3) is 0.250. The first kappa shape index (κ1) is 13.4. The van der Waals surface area contributed by atoms with E-state index in [4.69, 9.17) is 5.73 Å². The lowest BCUT2D eigenvalue weighted by Crippen LogP contribution is -2.03. The Labute approximate surface area is 113 Å². The molecule has 0 saturated carbocycles. The van der Waals surface area contributed by atoms with Gasteiger partial charge in [-0.2, -0.15) is 0 Å². The third kappa shape index (κ3) is 2.71. The van der Waals surface area contributed by atoms with Gasteiger partial charge in [0.2, 0.25) is 0 Å². The zero-order valence-electron chi connectivity index (χ0n) is 11.2. The smallest absolute Gasteiger partial charge is 0.144 e. The maximum atomic E-state index is 10.4. The van der Waals surface area contributed by atoms with Crippen molar-refractivity contribution >= 4 is 5.69 Å². The van der Waals surface area contributed by atoms with Crippen molar-refractivity contribution in [2.75, 3.05) is 5.73 Å². The molecule has 0 fully saturated rings. The molecule has 3 heteroatoms. The minimum Gasteiger partial charge on any atom is -0.505 e. The molecule has 0 aliphatic carbocycles. The molecule has 0 spiro atoms. The highest BCUT2D eigenvalue weighted by Gasteiger charge is 2.17. The van der Waals surface area contributed by atoms with Crippen LogP contribution in [0.1, 0.15) is 35.3 Å². The number of anilines is 1. The number of hydrogen-bond acceptors (Lipinski definition) is 3. The van der Waals surface area contributed by atoms with Crippen LogP contribution in [0.25, 0.3) is 0 Å². The molecule has 0 aliphatic rings. The molecule has 0 radical (unpaired) electrons. The predicted octanol–water partition coefficient (Wildman–Crippen LogP) is 2.93. The molecule has 4 N–H and O–H groups in total. The van der Waals surface area contributed by atoms with Crippen molar-refractivity contribution < 1.29 is 10.2 Å². The minimum atomic E-state index is -0.866. The first-order chi connectivity index (χ1) is 9.02. The number of aliphatic hydroxyl groups is 1. The Morgan fingerprint density at radius 2 is 1.79 bits per heavy atom. The van der Waals surface area contributed by atoms with Crippen LogP contribution in [0.15, 0.2) is 36.4 Å². The molecule has 2 rings (SSSR count). The summed E-state index contributed by atoms with van der Waals surface area (Å²) in [4.78, 5) is 0. The molecule has 0 amide bonds. The van der Waals surface area contributed by atoms with E-state index in [2.05, 4.69) is 0 Å². The van der Waals surface area contributed by atoms with Gasteiger partial charge in [0, 0.05) is 5.56 Å². The molecule has 0 saturated heterocycles. The fourth-order valence-electron chi connectivity index (χ4n) is 2.09. The third-order valence-corrected chi connectivity index (χ3v) is 3.32. The second kappa shape index (κ2) is 5.33. The van der Waals surface area contributed by atoms with Crippen molar-refractivity contribution in [2.24, 2.45) is 0 Å². The van der Waals surface area contributed by atoms with E-state index in [1.807, 2.05) is 38.1 Å². The number of rotatable bonds is 3. The number of phenols is 1. The third-order valence-electron chi connectivity index (χ3n) is 3.32. The molecule has 0 aromatic heterocycles. The summed E-state index contributed by atoms with van der Waals surface area (Å²) in [7, 11) is 0. The van der Waals surface area contributed by atoms with Gasteiger partial charge in [-0.1, -0.05) is 36.8 Å². The lowest BCUT2D eigenvalue weighted by molar-refractivity contribution is 0.215. The van der Waals surface area contributed by atoms with E-state index in [-0.39, 0.29) is 5.75 Å². The minimum absolute atomic E-state index is 0.0368. The second-order valence-electron chi connectivity index (χ2n) is 4.79. The SMILES string of the molecule is CCc1cc(N)c(O)c(C(O)c2ccc(C)cc2)c1. The van der Waals surface area contributed by atoms with Crippen LogP contribution in [0.5, 0.6) is 5.75 Å². The lowest BCUT2D eigenvalue weighted by Gasteiger charge is -2.16. The largest absolute Gasteiger partial charge is 0.505 e. The summed E-state index contributed by atoms with van der Waals surface area (Å²) in [5.41, 5.74) is 9.41. The summed E-state index contributed by atoms with van der Waals surface area (Å²) in [6.45, 7) is 4.00. The quantitative estimate of drug-likeness (QED) is 0.585. The Kier molecular flexibility index (Phi) is 3.76. The molecular formula is C16H19NO2. The van der Waals surface area contributed by atoms with E-state index in [0.717, 1.165) is 23.1 Å². The Hall–Kier alpha value is -2.00. The Bertz CT molecular complexity index is 576. The number of aryl methyl sites for hydroxylation is 2. The van der Waals surface area contributed by atoms with E-state index in [9.17, 15) is 10.2 Å². The second-order valence-corrected chi connectivity index (χ2v) is 4.79. The number of benzene rings is 2. The van der Waals surface area contributed by atoms with Gasteiger partial charge in [0.25, 0.3) is 0 Å². The maximum absolute atomic E-state index is 10.4. The average Bonchev–Trinajstić information content (AvgIpc) is 2.41. The van der Waals surface area contributed by atoms with Crippen molar-refractivity contribution in [3.63, 3.8) is 0 Å². The number of nitrogen functional groups attached to an aromatic ring is 1. The molecule has 1 atom stereocenters. The molecular weight excluding hydrogens is 238 g/mol. The maximum Gasteiger partial charge on any atom is 0.144 e. The molecule has 2 aromatic carbocycles. The fourth-order valence-corrected chi connectivity index (χ4v) is 2.09. The van der Waals surface area contributed by atoms with Crippen LogP contribution in [0.2, 0.25) is 0 Å². The Morgan fingerprint density at radius 3 is 2.37 bits per heavy atom. The molecule has 100 valence electrons. The summed E-state index contributed by atoms with van der Waals surface area (Å²) in [6.07, 6.45) is -0.0626. The van der Waals surface area contributed by atoms with Gasteiger partial charge in [-0.15, -0.1) is 0 Å². The molecule has 19 heavy (non-hydrogen) atoms. The molecule has 3 nitrogen and oxygen atoms in total. The summed E-state index contributed by atoms with van der Waals surface area (Å²) >= 11 is 0. The highest BCUT2D eigenvalue weighted by Crippen LogP contribution is 2.34. The lowest BCUT2D eigenvalue weighted by atomic mass is 9.96. The van der Waals surface area contributed by atoms with Crippen LogP contribution >= 0.6 is 0 Å². The molecule has 0 bridgehead atoms. The van der Waals surface area contributed by atoms with E-state index >= 15 is 0 Å². The van der Waals surface area contributed by atoms with Gasteiger partial charge in [0.1, 0.15) is 11.9 Å². The van der Waals surface area contributed by atoms with Crippen LogP contribution in [0.3, 0.4) is 0 Å². The topological polar surface area (TPSA) is 66.5 Å². The van der Waals surface area contributed by atoms with Crippen LogP contribution < -0.4 is 5.73 Å². The molecule has 2 aromatic rings. The Balaban J connectivity index is 2.45. The summed E-state index contributed by atoms with van der Waals surface area (Å²) < 4.78 is 0. The van der Waals surface area contributed by atoms with Gasteiger partial charge in [-0.25, -0.2) is 0 Å². The number of aliphatic hydroxyl groups excluding tert-OH is 1. The monoisotopic (exact) mass is 257 g/mol. The van der Waals surface area contributed by atoms with Gasteiger partial charge in [-0.3, -0.25) is 0 Å². The van der Waals surface area contributed by atoms with Crippen molar-refractivity contribution in [3.8, 4) is 5.75 Å². The normalized spacial score (nSPS) is 12.4. The van der Waals surface area contributed by atoms with E-state index in [0.29, 0.717) is 11.3 Å².